The molecular formula is C11H10N8S. The van der Waals surface area contributed by atoms with Crippen LogP contribution >= 0.6 is 11.8 Å². The molecule has 0 aliphatic heterocycles. The van der Waals surface area contributed by atoms with E-state index in [1.165, 1.54) is 16.4 Å². The molecule has 0 amide bonds. The maximum atomic E-state index is 5.69. The van der Waals surface area contributed by atoms with Crippen molar-refractivity contribution >= 4 is 17.7 Å². The number of anilines is 1. The lowest BCUT2D eigenvalue weighted by atomic mass is 10.5. The van der Waals surface area contributed by atoms with Crippen molar-refractivity contribution < 1.29 is 0 Å². The minimum atomic E-state index is 0.126. The van der Waals surface area contributed by atoms with Gasteiger partial charge in [0.25, 0.3) is 5.95 Å². The first-order valence-corrected chi connectivity index (χ1v) is 6.51. The van der Waals surface area contributed by atoms with E-state index in [4.69, 9.17) is 5.73 Å². The van der Waals surface area contributed by atoms with Crippen LogP contribution in [0.1, 0.15) is 5.69 Å². The number of hydrogen-bond acceptors (Lipinski definition) is 8. The van der Waals surface area contributed by atoms with Crippen LogP contribution < -0.4 is 5.73 Å². The van der Waals surface area contributed by atoms with Gasteiger partial charge >= 0.3 is 0 Å². The summed E-state index contributed by atoms with van der Waals surface area (Å²) in [5, 5.41) is 5.04. The van der Waals surface area contributed by atoms with Crippen molar-refractivity contribution in [2.45, 2.75) is 17.2 Å². The van der Waals surface area contributed by atoms with Crippen LogP contribution in [-0.2, 0) is 0 Å². The Bertz CT molecular complexity index is 727. The monoisotopic (exact) mass is 286 g/mol. The average molecular weight is 286 g/mol. The standard InChI is InChI=1S/C11H10N8S/c1-7-3-5-13-10(15-7)20-11-17-8(12)16-9(18-11)19-6-2-4-14-19/h2-6H,1H3,(H2,12,16,17,18). The van der Waals surface area contributed by atoms with Gasteiger partial charge in [-0.25, -0.2) is 14.6 Å². The van der Waals surface area contributed by atoms with E-state index in [2.05, 4.69) is 30.0 Å². The maximum absolute atomic E-state index is 5.69. The lowest BCUT2D eigenvalue weighted by molar-refractivity contribution is 0.762. The Kier molecular flexibility index (Phi) is 3.25. The zero-order valence-electron chi connectivity index (χ0n) is 10.5. The molecule has 0 aliphatic carbocycles. The first-order valence-electron chi connectivity index (χ1n) is 5.70. The van der Waals surface area contributed by atoms with Crippen LogP contribution in [0.5, 0.6) is 0 Å². The lowest BCUT2D eigenvalue weighted by Gasteiger charge is -2.03. The van der Waals surface area contributed by atoms with Gasteiger partial charge in [-0.2, -0.15) is 20.1 Å². The van der Waals surface area contributed by atoms with Crippen LogP contribution in [0.25, 0.3) is 5.95 Å². The zero-order chi connectivity index (χ0) is 13.9. The van der Waals surface area contributed by atoms with E-state index in [-0.39, 0.29) is 5.95 Å². The van der Waals surface area contributed by atoms with Gasteiger partial charge in [-0.3, -0.25) is 0 Å². The molecule has 0 fully saturated rings. The number of nitrogens with zero attached hydrogens (tertiary/aromatic N) is 7. The largest absolute Gasteiger partial charge is 0.368 e. The molecule has 0 atom stereocenters. The van der Waals surface area contributed by atoms with Gasteiger partial charge in [0.15, 0.2) is 5.16 Å². The summed E-state index contributed by atoms with van der Waals surface area (Å²) in [6.45, 7) is 1.89. The molecule has 8 nitrogen and oxygen atoms in total. The van der Waals surface area contributed by atoms with Gasteiger partial charge in [-0.15, -0.1) is 0 Å². The maximum Gasteiger partial charge on any atom is 0.256 e. The molecule has 0 spiro atoms. The highest BCUT2D eigenvalue weighted by atomic mass is 32.2. The van der Waals surface area contributed by atoms with Crippen LogP contribution in [0.4, 0.5) is 5.95 Å². The normalized spacial score (nSPS) is 10.7. The van der Waals surface area contributed by atoms with Crippen LogP contribution in [0.15, 0.2) is 41.0 Å². The molecule has 0 aliphatic rings. The second kappa shape index (κ2) is 5.21. The predicted octanol–water partition coefficient (Wildman–Crippen LogP) is 0.889. The minimum Gasteiger partial charge on any atom is -0.368 e. The van der Waals surface area contributed by atoms with Gasteiger partial charge in [-0.05, 0) is 30.8 Å². The van der Waals surface area contributed by atoms with Crippen molar-refractivity contribution in [2.24, 2.45) is 0 Å². The molecular weight excluding hydrogens is 276 g/mol. The molecule has 0 saturated carbocycles. The predicted molar refractivity (Wildman–Crippen MR) is 72.3 cm³/mol. The highest BCUT2D eigenvalue weighted by Gasteiger charge is 2.09. The molecule has 3 aromatic rings. The molecule has 9 heteroatoms. The summed E-state index contributed by atoms with van der Waals surface area (Å²) in [4.78, 5) is 20.8. The fourth-order valence-electron chi connectivity index (χ4n) is 1.45. The summed E-state index contributed by atoms with van der Waals surface area (Å²) in [7, 11) is 0. The highest BCUT2D eigenvalue weighted by molar-refractivity contribution is 7.99. The van der Waals surface area contributed by atoms with Gasteiger partial charge in [0.1, 0.15) is 0 Å². The number of rotatable bonds is 3. The summed E-state index contributed by atoms with van der Waals surface area (Å²) in [5.41, 5.74) is 6.56. The number of nitrogen functional groups attached to an aromatic ring is 1. The molecule has 0 aromatic carbocycles. The lowest BCUT2D eigenvalue weighted by Crippen LogP contribution is -2.07. The summed E-state index contributed by atoms with van der Waals surface area (Å²) in [5.74, 6) is 0.485. The van der Waals surface area contributed by atoms with Gasteiger partial charge in [0.2, 0.25) is 11.1 Å². The summed E-state index contributed by atoms with van der Waals surface area (Å²) >= 11 is 1.22. The second-order valence-corrected chi connectivity index (χ2v) is 4.74. The number of nitrogens with two attached hydrogens (primary N) is 1. The quantitative estimate of drug-likeness (QED) is 0.707. The van der Waals surface area contributed by atoms with Crippen LogP contribution in [0.2, 0.25) is 0 Å². The van der Waals surface area contributed by atoms with E-state index in [0.717, 1.165) is 5.69 Å². The number of aromatic nitrogens is 7. The van der Waals surface area contributed by atoms with Gasteiger partial charge < -0.3 is 5.73 Å². The highest BCUT2D eigenvalue weighted by Crippen LogP contribution is 2.21. The Morgan fingerprint density at radius 2 is 2.00 bits per heavy atom. The SMILES string of the molecule is Cc1ccnc(Sc2nc(N)nc(-n3cccn3)n2)n1. The minimum absolute atomic E-state index is 0.126. The Morgan fingerprint density at radius 3 is 2.75 bits per heavy atom. The third kappa shape index (κ3) is 2.72. The third-order valence-corrected chi connectivity index (χ3v) is 3.03. The van der Waals surface area contributed by atoms with Crippen molar-refractivity contribution in [3.05, 3.63) is 36.4 Å². The molecule has 0 saturated heterocycles. The fraction of sp³-hybridized carbons (Fsp3) is 0.0909. The van der Waals surface area contributed by atoms with Crippen molar-refractivity contribution in [1.29, 1.82) is 0 Å². The molecule has 3 rings (SSSR count). The molecule has 0 radical (unpaired) electrons. The average Bonchev–Trinajstić information content (AvgIpc) is 2.91. The van der Waals surface area contributed by atoms with E-state index in [9.17, 15) is 0 Å². The topological polar surface area (TPSA) is 108 Å². The van der Waals surface area contributed by atoms with Gasteiger partial charge in [0, 0.05) is 24.3 Å². The van der Waals surface area contributed by atoms with E-state index in [1.54, 1.807) is 24.7 Å². The third-order valence-electron chi connectivity index (χ3n) is 2.28. The van der Waals surface area contributed by atoms with Gasteiger partial charge in [0.05, 0.1) is 0 Å². The molecule has 3 aromatic heterocycles. The molecule has 20 heavy (non-hydrogen) atoms. The first kappa shape index (κ1) is 12.5. The van der Waals surface area contributed by atoms with Crippen molar-refractivity contribution in [2.75, 3.05) is 5.73 Å². The Balaban J connectivity index is 1.94. The Labute approximate surface area is 118 Å². The Hall–Kier alpha value is -2.55. The van der Waals surface area contributed by atoms with Crippen LogP contribution in [0, 0.1) is 6.92 Å². The zero-order valence-corrected chi connectivity index (χ0v) is 11.3. The van der Waals surface area contributed by atoms with Crippen molar-refractivity contribution in [3.63, 3.8) is 0 Å². The summed E-state index contributed by atoms with van der Waals surface area (Å²) in [6.07, 6.45) is 5.05. The van der Waals surface area contributed by atoms with Crippen molar-refractivity contribution in [3.8, 4) is 5.95 Å². The molecule has 100 valence electrons. The summed E-state index contributed by atoms with van der Waals surface area (Å²) < 4.78 is 1.51. The summed E-state index contributed by atoms with van der Waals surface area (Å²) in [6, 6.07) is 3.59. The van der Waals surface area contributed by atoms with Crippen LogP contribution in [-0.4, -0.2) is 34.7 Å². The van der Waals surface area contributed by atoms with Gasteiger partial charge in [-0.1, -0.05) is 0 Å². The number of aryl methyl sites for hydroxylation is 1. The smallest absolute Gasteiger partial charge is 0.256 e. The van der Waals surface area contributed by atoms with E-state index in [1.807, 2.05) is 13.0 Å². The molecule has 2 N–H and O–H groups in total. The molecule has 0 bridgehead atoms. The van der Waals surface area contributed by atoms with Crippen molar-refractivity contribution in [1.82, 2.24) is 34.7 Å². The van der Waals surface area contributed by atoms with Crippen LogP contribution in [0.3, 0.4) is 0 Å². The van der Waals surface area contributed by atoms with E-state index in [0.29, 0.717) is 16.3 Å². The Morgan fingerprint density at radius 1 is 1.10 bits per heavy atom. The van der Waals surface area contributed by atoms with E-state index < -0.39 is 0 Å². The molecule has 0 unspecified atom stereocenters. The fourth-order valence-corrected chi connectivity index (χ4v) is 2.19. The number of hydrogen-bond donors (Lipinski definition) is 1. The van der Waals surface area contributed by atoms with E-state index >= 15 is 0 Å². The molecule has 3 heterocycles. The second-order valence-electron chi connectivity index (χ2n) is 3.81. The first-order chi connectivity index (χ1) is 9.70.